The highest BCUT2D eigenvalue weighted by atomic mass is 16.6. The Morgan fingerprint density at radius 2 is 1.91 bits per heavy atom. The first-order valence-electron chi connectivity index (χ1n) is 11.0. The van der Waals surface area contributed by atoms with Crippen LogP contribution in [0.2, 0.25) is 0 Å². The highest BCUT2D eigenvalue weighted by Gasteiger charge is 2.21. The molecule has 1 heterocycles. The van der Waals surface area contributed by atoms with E-state index in [1.165, 1.54) is 0 Å². The molecule has 0 atom stereocenters. The summed E-state index contributed by atoms with van der Waals surface area (Å²) in [6.45, 7) is 7.76. The van der Waals surface area contributed by atoms with Crippen LogP contribution in [0.4, 0.5) is 4.79 Å². The quantitative estimate of drug-likeness (QED) is 0.352. The van der Waals surface area contributed by atoms with E-state index in [1.807, 2.05) is 18.2 Å². The van der Waals surface area contributed by atoms with E-state index in [9.17, 15) is 14.4 Å². The van der Waals surface area contributed by atoms with Gasteiger partial charge in [-0.25, -0.2) is 4.79 Å². The third kappa shape index (κ3) is 6.84. The van der Waals surface area contributed by atoms with Gasteiger partial charge in [-0.1, -0.05) is 12.1 Å². The van der Waals surface area contributed by atoms with E-state index in [1.54, 1.807) is 52.2 Å². The van der Waals surface area contributed by atoms with Crippen LogP contribution in [0.1, 0.15) is 54.7 Å². The topological polar surface area (TPSA) is 104 Å². The van der Waals surface area contributed by atoms with Gasteiger partial charge in [0.15, 0.2) is 6.29 Å². The Kier molecular flexibility index (Phi) is 7.94. The van der Waals surface area contributed by atoms with Crippen LogP contribution in [-0.2, 0) is 33.8 Å². The van der Waals surface area contributed by atoms with Gasteiger partial charge in [-0.3, -0.25) is 9.59 Å². The minimum Gasteiger partial charge on any atom is -0.489 e. The molecule has 1 aromatic carbocycles. The SMILES string of the molecule is CCOC(=O)Cc1cccc(OCc2coc3cc(C=O)c(CNC(=O)OC(C)(C)C)c-3c2)c1. The molecule has 1 aliphatic carbocycles. The Morgan fingerprint density at radius 1 is 1.12 bits per heavy atom. The molecule has 1 N–H and O–H groups in total. The molecule has 1 amide bonds. The van der Waals surface area contributed by atoms with E-state index in [0.29, 0.717) is 34.8 Å². The molecule has 8 nitrogen and oxygen atoms in total. The van der Waals surface area contributed by atoms with Crippen molar-refractivity contribution in [3.8, 4) is 17.1 Å². The maximum Gasteiger partial charge on any atom is 0.407 e. The lowest BCUT2D eigenvalue weighted by molar-refractivity contribution is -0.142. The number of esters is 1. The van der Waals surface area contributed by atoms with Crippen LogP contribution in [0.15, 0.2) is 47.1 Å². The zero-order valence-electron chi connectivity index (χ0n) is 19.8. The number of nitrogens with one attached hydrogen (secondary N) is 1. The molecule has 3 rings (SSSR count). The molecule has 2 aliphatic rings. The van der Waals surface area contributed by atoms with Crippen LogP contribution in [0.5, 0.6) is 5.75 Å². The number of hydrogen-bond donors (Lipinski definition) is 1. The molecule has 0 unspecified atom stereocenters. The number of carbonyl (C=O) groups is 3. The third-order valence-corrected chi connectivity index (χ3v) is 4.79. The van der Waals surface area contributed by atoms with Crippen molar-refractivity contribution in [2.24, 2.45) is 0 Å². The Hall–Kier alpha value is -3.81. The summed E-state index contributed by atoms with van der Waals surface area (Å²) >= 11 is 0. The summed E-state index contributed by atoms with van der Waals surface area (Å²) in [6, 6.07) is 10.7. The first-order chi connectivity index (χ1) is 16.2. The van der Waals surface area contributed by atoms with Crippen LogP contribution in [0, 0.1) is 0 Å². The molecule has 34 heavy (non-hydrogen) atoms. The van der Waals surface area contributed by atoms with Gasteiger partial charge in [-0.15, -0.1) is 0 Å². The van der Waals surface area contributed by atoms with Gasteiger partial charge in [0, 0.05) is 23.2 Å². The van der Waals surface area contributed by atoms with Crippen molar-refractivity contribution in [3.05, 3.63) is 64.9 Å². The molecule has 0 radical (unpaired) electrons. The molecule has 0 spiro atoms. The van der Waals surface area contributed by atoms with Crippen LogP contribution in [0.25, 0.3) is 11.3 Å². The van der Waals surface area contributed by atoms with Crippen molar-refractivity contribution in [1.82, 2.24) is 5.32 Å². The monoisotopic (exact) mass is 467 g/mol. The number of hydrogen-bond acceptors (Lipinski definition) is 7. The largest absolute Gasteiger partial charge is 0.489 e. The lowest BCUT2D eigenvalue weighted by atomic mass is 10.1. The number of aldehydes is 1. The third-order valence-electron chi connectivity index (χ3n) is 4.79. The molecular weight excluding hydrogens is 438 g/mol. The summed E-state index contributed by atoms with van der Waals surface area (Å²) in [7, 11) is 0. The predicted molar refractivity (Wildman–Crippen MR) is 125 cm³/mol. The van der Waals surface area contributed by atoms with Crippen molar-refractivity contribution in [2.75, 3.05) is 6.61 Å². The molecule has 8 heteroatoms. The van der Waals surface area contributed by atoms with Gasteiger partial charge in [0.2, 0.25) is 0 Å². The maximum absolute atomic E-state index is 12.1. The summed E-state index contributed by atoms with van der Waals surface area (Å²) in [5.74, 6) is 0.840. The molecule has 0 fully saturated rings. The normalized spacial score (nSPS) is 11.2. The number of amides is 1. The summed E-state index contributed by atoms with van der Waals surface area (Å²) in [6.07, 6.45) is 1.89. The van der Waals surface area contributed by atoms with Crippen molar-refractivity contribution in [1.29, 1.82) is 0 Å². The highest BCUT2D eigenvalue weighted by Crippen LogP contribution is 2.32. The minimum absolute atomic E-state index is 0.113. The fourth-order valence-corrected chi connectivity index (χ4v) is 3.37. The van der Waals surface area contributed by atoms with Gasteiger partial charge >= 0.3 is 12.1 Å². The fourth-order valence-electron chi connectivity index (χ4n) is 3.37. The van der Waals surface area contributed by atoms with E-state index in [2.05, 4.69) is 5.32 Å². The highest BCUT2D eigenvalue weighted by molar-refractivity contribution is 5.87. The van der Waals surface area contributed by atoms with Crippen LogP contribution < -0.4 is 10.1 Å². The fraction of sp³-hybridized carbons (Fsp3) is 0.346. The van der Waals surface area contributed by atoms with Crippen LogP contribution in [0.3, 0.4) is 0 Å². The summed E-state index contributed by atoms with van der Waals surface area (Å²) in [4.78, 5) is 35.3. The van der Waals surface area contributed by atoms with Crippen molar-refractivity contribution in [3.63, 3.8) is 0 Å². The van der Waals surface area contributed by atoms with E-state index in [-0.39, 0.29) is 25.5 Å². The smallest absolute Gasteiger partial charge is 0.407 e. The Morgan fingerprint density at radius 3 is 2.62 bits per heavy atom. The van der Waals surface area contributed by atoms with Gasteiger partial charge in [0.25, 0.3) is 0 Å². The molecule has 0 aromatic heterocycles. The van der Waals surface area contributed by atoms with Gasteiger partial charge in [-0.2, -0.15) is 0 Å². The number of benzene rings is 1. The average Bonchev–Trinajstić information content (AvgIpc) is 3.12. The predicted octanol–water partition coefficient (Wildman–Crippen LogP) is 4.91. The molecule has 1 aromatic rings. The van der Waals surface area contributed by atoms with Gasteiger partial charge < -0.3 is 23.9 Å². The summed E-state index contributed by atoms with van der Waals surface area (Å²) in [5.41, 5.74) is 2.68. The zero-order chi connectivity index (χ0) is 24.7. The maximum atomic E-state index is 12.1. The number of fused-ring (bicyclic) bond motifs is 1. The molecule has 1 aliphatic heterocycles. The number of carbonyl (C=O) groups excluding carboxylic acids is 3. The van der Waals surface area contributed by atoms with Crippen molar-refractivity contribution >= 4 is 18.3 Å². The van der Waals surface area contributed by atoms with E-state index >= 15 is 0 Å². The number of alkyl carbamates (subject to hydrolysis) is 1. The first kappa shape index (κ1) is 24.8. The van der Waals surface area contributed by atoms with E-state index in [4.69, 9.17) is 18.6 Å². The summed E-state index contributed by atoms with van der Waals surface area (Å²) in [5, 5.41) is 2.69. The second kappa shape index (κ2) is 10.9. The minimum atomic E-state index is -0.626. The molecule has 0 saturated heterocycles. The molecule has 0 bridgehead atoms. The van der Waals surface area contributed by atoms with Gasteiger partial charge in [0.1, 0.15) is 23.7 Å². The first-order valence-corrected chi connectivity index (χ1v) is 11.0. The Labute approximate surface area is 198 Å². The van der Waals surface area contributed by atoms with Crippen molar-refractivity contribution < 1.29 is 33.0 Å². The number of rotatable bonds is 9. The van der Waals surface area contributed by atoms with E-state index < -0.39 is 11.7 Å². The molecular formula is C26H29NO7. The zero-order valence-corrected chi connectivity index (χ0v) is 19.8. The second-order valence-electron chi connectivity index (χ2n) is 8.70. The van der Waals surface area contributed by atoms with Gasteiger partial charge in [0.05, 0.1) is 19.3 Å². The number of ether oxygens (including phenoxy) is 3. The van der Waals surface area contributed by atoms with Crippen molar-refractivity contribution in [2.45, 2.75) is 52.9 Å². The van der Waals surface area contributed by atoms with Crippen LogP contribution in [-0.4, -0.2) is 30.6 Å². The van der Waals surface area contributed by atoms with Gasteiger partial charge in [-0.05, 0) is 63.1 Å². The molecule has 180 valence electrons. The Bertz CT molecular complexity index is 1130. The summed E-state index contributed by atoms with van der Waals surface area (Å²) < 4.78 is 21.8. The standard InChI is InChI=1S/C26H29NO7/c1-5-31-24(29)11-17-7-6-8-20(9-17)32-15-18-10-21-22(13-27-25(30)34-26(2,3)4)19(14-28)12-23(21)33-16-18/h6-10,12,14,16H,5,11,13,15H2,1-4H3,(H,27,30). The lowest BCUT2D eigenvalue weighted by Gasteiger charge is -2.19. The second-order valence-corrected chi connectivity index (χ2v) is 8.70. The van der Waals surface area contributed by atoms with Crippen LogP contribution >= 0.6 is 0 Å². The molecule has 0 saturated carbocycles. The Balaban J connectivity index is 1.72. The van der Waals surface area contributed by atoms with E-state index in [0.717, 1.165) is 17.4 Å². The average molecular weight is 468 g/mol. The lowest BCUT2D eigenvalue weighted by Crippen LogP contribution is -2.32.